The molecule has 1 aromatic rings. The Kier molecular flexibility index (Phi) is 5.23. The Morgan fingerprint density at radius 2 is 2.12 bits per heavy atom. The molecule has 1 rings (SSSR count). The monoisotopic (exact) mass is 233 g/mol. The molecule has 17 heavy (non-hydrogen) atoms. The molecule has 0 aliphatic heterocycles. The van der Waals surface area contributed by atoms with Gasteiger partial charge in [0, 0.05) is 18.2 Å². The Bertz CT molecular complexity index is 383. The molecular formula is C15H23NO. The average Bonchev–Trinajstić information content (AvgIpc) is 2.26. The van der Waals surface area contributed by atoms with Crippen LogP contribution in [0.15, 0.2) is 24.8 Å². The highest BCUT2D eigenvalue weighted by molar-refractivity contribution is 5.61. The van der Waals surface area contributed by atoms with E-state index in [1.54, 1.807) is 0 Å². The summed E-state index contributed by atoms with van der Waals surface area (Å²) >= 11 is 0. The van der Waals surface area contributed by atoms with E-state index in [0.717, 1.165) is 17.9 Å². The van der Waals surface area contributed by atoms with Gasteiger partial charge in [0.25, 0.3) is 0 Å². The molecular weight excluding hydrogens is 210 g/mol. The fourth-order valence-corrected chi connectivity index (χ4v) is 1.72. The molecule has 0 fully saturated rings. The molecule has 0 saturated heterocycles. The van der Waals surface area contributed by atoms with E-state index in [-0.39, 0.29) is 0 Å². The van der Waals surface area contributed by atoms with E-state index in [0.29, 0.717) is 12.6 Å². The van der Waals surface area contributed by atoms with Crippen molar-refractivity contribution in [2.24, 2.45) is 0 Å². The van der Waals surface area contributed by atoms with Crippen molar-refractivity contribution < 1.29 is 4.74 Å². The highest BCUT2D eigenvalue weighted by Crippen LogP contribution is 2.19. The summed E-state index contributed by atoms with van der Waals surface area (Å²) < 4.78 is 5.44. The zero-order valence-corrected chi connectivity index (χ0v) is 11.3. The average molecular weight is 233 g/mol. The fourth-order valence-electron chi connectivity index (χ4n) is 1.72. The summed E-state index contributed by atoms with van der Waals surface area (Å²) in [5.41, 5.74) is 3.61. The van der Waals surface area contributed by atoms with Crippen LogP contribution in [0.1, 0.15) is 37.5 Å². The van der Waals surface area contributed by atoms with Gasteiger partial charge in [0.2, 0.25) is 0 Å². The number of hydrogen-bond donors (Lipinski definition) is 1. The predicted molar refractivity (Wildman–Crippen MR) is 73.8 cm³/mol. The van der Waals surface area contributed by atoms with Crippen molar-refractivity contribution in [3.05, 3.63) is 41.5 Å². The zero-order chi connectivity index (χ0) is 12.8. The second-order valence-electron chi connectivity index (χ2n) is 4.54. The van der Waals surface area contributed by atoms with E-state index in [1.165, 1.54) is 11.1 Å². The third kappa shape index (κ3) is 4.23. The van der Waals surface area contributed by atoms with Gasteiger partial charge in [0.05, 0.1) is 6.61 Å². The van der Waals surface area contributed by atoms with E-state index < -0.39 is 0 Å². The van der Waals surface area contributed by atoms with Gasteiger partial charge in [-0.25, -0.2) is 0 Å². The van der Waals surface area contributed by atoms with Crippen molar-refractivity contribution in [2.45, 2.75) is 40.3 Å². The summed E-state index contributed by atoms with van der Waals surface area (Å²) in [5.74, 6) is 0.758. The quantitative estimate of drug-likeness (QED) is 0.759. The lowest BCUT2D eigenvalue weighted by Gasteiger charge is -2.13. The number of nitrogens with one attached hydrogen (secondary N) is 1. The highest BCUT2D eigenvalue weighted by Gasteiger charge is 2.05. The summed E-state index contributed by atoms with van der Waals surface area (Å²) in [6.45, 7) is 13.9. The summed E-state index contributed by atoms with van der Waals surface area (Å²) in [6, 6.07) is 6.91. The Hall–Kier alpha value is -1.28. The molecule has 2 nitrogen and oxygen atoms in total. The first-order chi connectivity index (χ1) is 8.04. The van der Waals surface area contributed by atoms with Crippen LogP contribution >= 0.6 is 0 Å². The highest BCUT2D eigenvalue weighted by atomic mass is 16.5. The van der Waals surface area contributed by atoms with Crippen LogP contribution in [0.5, 0.6) is 0 Å². The van der Waals surface area contributed by atoms with Gasteiger partial charge in [0.15, 0.2) is 0 Å². The van der Waals surface area contributed by atoms with Gasteiger partial charge in [-0.15, -0.1) is 0 Å². The van der Waals surface area contributed by atoms with Crippen LogP contribution in [-0.2, 0) is 11.3 Å². The third-order valence-electron chi connectivity index (χ3n) is 2.62. The van der Waals surface area contributed by atoms with Crippen LogP contribution in [-0.4, -0.2) is 12.6 Å². The Morgan fingerprint density at radius 1 is 1.41 bits per heavy atom. The number of benzene rings is 1. The van der Waals surface area contributed by atoms with E-state index in [1.807, 2.05) is 6.92 Å². The van der Waals surface area contributed by atoms with Crippen LogP contribution < -0.4 is 5.32 Å². The Morgan fingerprint density at radius 3 is 2.65 bits per heavy atom. The summed E-state index contributed by atoms with van der Waals surface area (Å²) in [4.78, 5) is 0. The molecule has 1 aromatic carbocycles. The number of aryl methyl sites for hydroxylation is 1. The minimum Gasteiger partial charge on any atom is -0.494 e. The molecule has 1 N–H and O–H groups in total. The van der Waals surface area contributed by atoms with Gasteiger partial charge in [-0.05, 0) is 25.0 Å². The summed E-state index contributed by atoms with van der Waals surface area (Å²) in [6.07, 6.45) is 0. The normalized spacial score (nSPS) is 10.6. The first-order valence-corrected chi connectivity index (χ1v) is 6.19. The molecule has 0 saturated carbocycles. The number of ether oxygens (including phenoxy) is 1. The number of hydrogen-bond acceptors (Lipinski definition) is 2. The van der Waals surface area contributed by atoms with Crippen molar-refractivity contribution >= 4 is 5.76 Å². The maximum Gasteiger partial charge on any atom is 0.119 e. The maximum absolute atomic E-state index is 5.44. The molecule has 0 atom stereocenters. The molecule has 0 aliphatic rings. The van der Waals surface area contributed by atoms with Crippen LogP contribution in [0, 0.1) is 6.92 Å². The molecule has 0 aliphatic carbocycles. The molecule has 0 amide bonds. The van der Waals surface area contributed by atoms with Crippen LogP contribution in [0.3, 0.4) is 0 Å². The molecule has 0 aromatic heterocycles. The van der Waals surface area contributed by atoms with Crippen molar-refractivity contribution in [1.29, 1.82) is 0 Å². The van der Waals surface area contributed by atoms with Crippen LogP contribution in [0.2, 0.25) is 0 Å². The zero-order valence-electron chi connectivity index (χ0n) is 11.3. The number of rotatable bonds is 6. The molecule has 2 heteroatoms. The first kappa shape index (κ1) is 13.8. The first-order valence-electron chi connectivity index (χ1n) is 6.19. The molecule has 0 heterocycles. The Labute approximate surface area is 105 Å². The lowest BCUT2D eigenvalue weighted by Crippen LogP contribution is -2.21. The molecule has 0 unspecified atom stereocenters. The van der Waals surface area contributed by atoms with E-state index in [9.17, 15) is 0 Å². The summed E-state index contributed by atoms with van der Waals surface area (Å²) in [5, 5.41) is 3.41. The van der Waals surface area contributed by atoms with E-state index >= 15 is 0 Å². The van der Waals surface area contributed by atoms with Gasteiger partial charge in [0.1, 0.15) is 5.76 Å². The lowest BCUT2D eigenvalue weighted by atomic mass is 10.0. The van der Waals surface area contributed by atoms with Gasteiger partial charge in [-0.1, -0.05) is 38.6 Å². The van der Waals surface area contributed by atoms with Crippen molar-refractivity contribution in [2.75, 3.05) is 6.61 Å². The minimum atomic E-state index is 0.508. The van der Waals surface area contributed by atoms with Gasteiger partial charge in [-0.2, -0.15) is 0 Å². The summed E-state index contributed by atoms with van der Waals surface area (Å²) in [7, 11) is 0. The Balaban J connectivity index is 2.75. The SMILES string of the molecule is C=C(OCC)c1ccc(CNC(C)C)cc1C. The topological polar surface area (TPSA) is 21.3 Å². The van der Waals surface area contributed by atoms with Crippen molar-refractivity contribution in [3.63, 3.8) is 0 Å². The van der Waals surface area contributed by atoms with Crippen molar-refractivity contribution in [1.82, 2.24) is 5.32 Å². The van der Waals surface area contributed by atoms with Gasteiger partial charge < -0.3 is 10.1 Å². The fraction of sp³-hybridized carbons (Fsp3) is 0.467. The van der Waals surface area contributed by atoms with Crippen LogP contribution in [0.4, 0.5) is 0 Å². The minimum absolute atomic E-state index is 0.508. The lowest BCUT2D eigenvalue weighted by molar-refractivity contribution is 0.299. The molecule has 0 spiro atoms. The predicted octanol–water partition coefficient (Wildman–Crippen LogP) is 3.50. The van der Waals surface area contributed by atoms with E-state index in [2.05, 4.69) is 50.9 Å². The standard InChI is InChI=1S/C15H23NO/c1-6-17-13(5)15-8-7-14(9-12(15)4)10-16-11(2)3/h7-9,11,16H,5-6,10H2,1-4H3. The molecule has 0 radical (unpaired) electrons. The van der Waals surface area contributed by atoms with E-state index in [4.69, 9.17) is 4.74 Å². The smallest absolute Gasteiger partial charge is 0.119 e. The second kappa shape index (κ2) is 6.45. The molecule has 94 valence electrons. The molecule has 0 bridgehead atoms. The van der Waals surface area contributed by atoms with Crippen molar-refractivity contribution in [3.8, 4) is 0 Å². The maximum atomic E-state index is 5.44. The largest absolute Gasteiger partial charge is 0.494 e. The third-order valence-corrected chi connectivity index (χ3v) is 2.62. The van der Waals surface area contributed by atoms with Crippen LogP contribution in [0.25, 0.3) is 5.76 Å². The van der Waals surface area contributed by atoms with Gasteiger partial charge in [-0.3, -0.25) is 0 Å². The second-order valence-corrected chi connectivity index (χ2v) is 4.54. The van der Waals surface area contributed by atoms with Gasteiger partial charge >= 0.3 is 0 Å².